The molecule has 0 saturated heterocycles. The molecule has 90 valence electrons. The Bertz CT molecular complexity index is 434. The minimum atomic E-state index is 0.345. The van der Waals surface area contributed by atoms with Crippen LogP contribution < -0.4 is 10.2 Å². The van der Waals surface area contributed by atoms with Crippen LogP contribution in [0, 0.1) is 14.4 Å². The van der Waals surface area contributed by atoms with Gasteiger partial charge in [-0.05, 0) is 11.8 Å². The summed E-state index contributed by atoms with van der Waals surface area (Å²) in [5.74, 6) is 0. The Morgan fingerprint density at radius 2 is 1.69 bits per heavy atom. The second-order valence-corrected chi connectivity index (χ2v) is 6.33. The predicted octanol–water partition coefficient (Wildman–Crippen LogP) is 3.94. The van der Waals surface area contributed by atoms with Crippen LogP contribution in [-0.2, 0) is 0 Å². The van der Waals surface area contributed by atoms with Gasteiger partial charge in [-0.25, -0.2) is 0 Å². The zero-order valence-corrected chi connectivity index (χ0v) is 12.3. The van der Waals surface area contributed by atoms with Crippen LogP contribution in [0.5, 0.6) is 0 Å². The third-order valence-electron chi connectivity index (χ3n) is 2.51. The maximum atomic E-state index is 5.24. The highest BCUT2D eigenvalue weighted by atomic mass is 32.1. The monoisotopic (exact) mass is 256 g/mol. The highest BCUT2D eigenvalue weighted by molar-refractivity contribution is 7.74. The van der Waals surface area contributed by atoms with Crippen molar-refractivity contribution in [1.82, 2.24) is 0 Å². The molecule has 0 heterocycles. The summed E-state index contributed by atoms with van der Waals surface area (Å²) in [7, 11) is 3.99. The van der Waals surface area contributed by atoms with Gasteiger partial charge in [0.2, 0.25) is 0 Å². The molecule has 0 aliphatic rings. The van der Waals surface area contributed by atoms with E-state index >= 15 is 0 Å². The summed E-state index contributed by atoms with van der Waals surface area (Å²) in [4.78, 5) is 2.03. The van der Waals surface area contributed by atoms with E-state index in [0.29, 0.717) is 5.41 Å². The molecule has 0 aliphatic carbocycles. The molecule has 4 heteroatoms. The molecule has 0 aromatic heterocycles. The summed E-state index contributed by atoms with van der Waals surface area (Å²) in [6.07, 6.45) is 1.12. The van der Waals surface area contributed by atoms with Crippen molar-refractivity contribution in [2.24, 2.45) is 5.41 Å². The Morgan fingerprint density at radius 3 is 2.12 bits per heavy atom. The Hall–Kier alpha value is -0.480. The molecular weight excluding hydrogens is 236 g/mol. The van der Waals surface area contributed by atoms with E-state index in [1.807, 2.05) is 19.0 Å². The van der Waals surface area contributed by atoms with E-state index in [1.165, 1.54) is 0 Å². The smallest absolute Gasteiger partial charge is 0.0834 e. The lowest BCUT2D eigenvalue weighted by Crippen LogP contribution is -2.18. The lowest BCUT2D eigenvalue weighted by Gasteiger charge is -2.24. The molecule has 16 heavy (non-hydrogen) atoms. The van der Waals surface area contributed by atoms with Gasteiger partial charge in [-0.15, -0.1) is 0 Å². The van der Waals surface area contributed by atoms with E-state index in [2.05, 4.69) is 26.1 Å². The second kappa shape index (κ2) is 4.80. The largest absolute Gasteiger partial charge is 0.382 e. The molecule has 0 unspecified atom stereocenters. The van der Waals surface area contributed by atoms with Gasteiger partial charge >= 0.3 is 0 Å². The summed E-state index contributed by atoms with van der Waals surface area (Å²) in [6.45, 7) is 7.65. The van der Waals surface area contributed by atoms with Gasteiger partial charge in [-0.2, -0.15) is 0 Å². The third-order valence-corrected chi connectivity index (χ3v) is 3.44. The highest BCUT2D eigenvalue weighted by Crippen LogP contribution is 2.34. The lowest BCUT2D eigenvalue weighted by molar-refractivity contribution is 0.390. The summed E-state index contributed by atoms with van der Waals surface area (Å²) in [6, 6.07) is 0. The van der Waals surface area contributed by atoms with Crippen LogP contribution in [0.4, 0.5) is 11.4 Å². The number of hydrogen-bond acceptors (Lipinski definition) is 4. The van der Waals surface area contributed by atoms with Gasteiger partial charge in [0.05, 0.1) is 20.4 Å². The van der Waals surface area contributed by atoms with Crippen LogP contribution in [0.1, 0.15) is 27.2 Å². The Balaban J connectivity index is 2.66. The average molecular weight is 256 g/mol. The molecule has 1 N–H and O–H groups in total. The van der Waals surface area contributed by atoms with E-state index in [-0.39, 0.29) is 0 Å². The van der Waals surface area contributed by atoms with Crippen LogP contribution in [0.25, 0.3) is 0 Å². The molecule has 0 amide bonds. The van der Waals surface area contributed by atoms with Gasteiger partial charge in [0, 0.05) is 20.6 Å². The maximum absolute atomic E-state index is 5.24. The standard InChI is InChI=1S/C12H20N2S2/c1-12(2,3)6-7-13-8-9(14(4)5)11(16)10(8)15/h13H,6-7H2,1-5H3. The van der Waals surface area contributed by atoms with E-state index in [4.69, 9.17) is 24.4 Å². The molecule has 0 aliphatic heterocycles. The van der Waals surface area contributed by atoms with Crippen molar-refractivity contribution >= 4 is 35.8 Å². The zero-order chi connectivity index (χ0) is 12.5. The fourth-order valence-electron chi connectivity index (χ4n) is 1.53. The molecule has 0 fully saturated rings. The van der Waals surface area contributed by atoms with Crippen molar-refractivity contribution in [3.63, 3.8) is 0 Å². The fraction of sp³-hybridized carbons (Fsp3) is 0.667. The molecule has 2 nitrogen and oxygen atoms in total. The summed E-state index contributed by atoms with van der Waals surface area (Å²) in [5, 5.41) is 3.40. The normalized spacial score (nSPS) is 11.8. The fourth-order valence-corrected chi connectivity index (χ4v) is 2.19. The Kier molecular flexibility index (Phi) is 4.07. The van der Waals surface area contributed by atoms with Crippen LogP contribution in [0.3, 0.4) is 0 Å². The number of hydrogen-bond donors (Lipinski definition) is 1. The van der Waals surface area contributed by atoms with E-state index < -0.39 is 0 Å². The van der Waals surface area contributed by atoms with Crippen molar-refractivity contribution < 1.29 is 0 Å². The predicted molar refractivity (Wildman–Crippen MR) is 77.4 cm³/mol. The van der Waals surface area contributed by atoms with Crippen molar-refractivity contribution in [2.45, 2.75) is 27.2 Å². The third kappa shape index (κ3) is 3.01. The van der Waals surface area contributed by atoms with Gasteiger partial charge in [-0.1, -0.05) is 45.2 Å². The van der Waals surface area contributed by atoms with Crippen LogP contribution in [-0.4, -0.2) is 20.6 Å². The van der Waals surface area contributed by atoms with E-state index in [1.54, 1.807) is 0 Å². The van der Waals surface area contributed by atoms with Crippen LogP contribution in [0.15, 0.2) is 0 Å². The van der Waals surface area contributed by atoms with Gasteiger partial charge in [0.25, 0.3) is 0 Å². The van der Waals surface area contributed by atoms with Crippen molar-refractivity contribution in [3.8, 4) is 0 Å². The number of rotatable bonds is 4. The lowest BCUT2D eigenvalue weighted by atomic mass is 9.92. The number of anilines is 2. The topological polar surface area (TPSA) is 15.3 Å². The van der Waals surface area contributed by atoms with E-state index in [9.17, 15) is 0 Å². The summed E-state index contributed by atoms with van der Waals surface area (Å²) >= 11 is 10.5. The quantitative estimate of drug-likeness (QED) is 0.821. The van der Waals surface area contributed by atoms with Crippen molar-refractivity contribution in [1.29, 1.82) is 0 Å². The number of nitrogens with one attached hydrogen (secondary N) is 1. The van der Waals surface area contributed by atoms with E-state index in [0.717, 1.165) is 33.4 Å². The van der Waals surface area contributed by atoms with Crippen molar-refractivity contribution in [3.05, 3.63) is 9.02 Å². The molecule has 1 aromatic carbocycles. The molecule has 0 spiro atoms. The highest BCUT2D eigenvalue weighted by Gasteiger charge is 2.17. The SMILES string of the molecule is CN(C)c1c(NCCC(C)(C)C)c(=S)c1=S. The molecule has 1 rings (SSSR count). The van der Waals surface area contributed by atoms with Crippen LogP contribution in [0.2, 0.25) is 0 Å². The first-order chi connectivity index (χ1) is 7.24. The van der Waals surface area contributed by atoms with Gasteiger partial charge in [0.15, 0.2) is 0 Å². The molecule has 0 bridgehead atoms. The first-order valence-electron chi connectivity index (χ1n) is 5.48. The van der Waals surface area contributed by atoms with Gasteiger partial charge in [0.1, 0.15) is 0 Å². The number of nitrogens with zero attached hydrogens (tertiary/aromatic N) is 1. The first-order valence-corrected chi connectivity index (χ1v) is 6.30. The average Bonchev–Trinajstić information content (AvgIpc) is 2.13. The summed E-state index contributed by atoms with van der Waals surface area (Å²) in [5.41, 5.74) is 2.47. The van der Waals surface area contributed by atoms with Crippen LogP contribution >= 0.6 is 24.4 Å². The summed E-state index contributed by atoms with van der Waals surface area (Å²) < 4.78 is 1.63. The maximum Gasteiger partial charge on any atom is 0.0834 e. The second-order valence-electron chi connectivity index (χ2n) is 5.51. The zero-order valence-electron chi connectivity index (χ0n) is 10.7. The Morgan fingerprint density at radius 1 is 1.12 bits per heavy atom. The van der Waals surface area contributed by atoms with Gasteiger partial charge < -0.3 is 10.2 Å². The Labute approximate surface area is 108 Å². The molecule has 1 aromatic rings. The molecule has 0 atom stereocenters. The minimum Gasteiger partial charge on any atom is -0.382 e. The molecular formula is C12H20N2S2. The molecule has 0 radical (unpaired) electrons. The first kappa shape index (κ1) is 13.6. The minimum absolute atomic E-state index is 0.345. The molecule has 0 saturated carbocycles. The van der Waals surface area contributed by atoms with Crippen molar-refractivity contribution in [2.75, 3.05) is 30.9 Å². The van der Waals surface area contributed by atoms with Gasteiger partial charge in [-0.3, -0.25) is 0 Å².